The molecule has 0 radical (unpaired) electrons. The number of hydrogen-bond acceptors (Lipinski definition) is 3. The van der Waals surface area contributed by atoms with E-state index in [1.165, 1.54) is 0 Å². The minimum atomic E-state index is -4.36. The Hall–Kier alpha value is -0.340. The Balaban J connectivity index is 3.48. The first-order valence-electron chi connectivity index (χ1n) is 3.32. The molecule has 15 heavy (non-hydrogen) atoms. The van der Waals surface area contributed by atoms with Gasteiger partial charge in [-0.25, -0.2) is 22.2 Å². The highest BCUT2D eigenvalue weighted by molar-refractivity contribution is 9.10. The zero-order valence-corrected chi connectivity index (χ0v) is 9.87. The second-order valence-corrected chi connectivity index (χ2v) is 5.74. The van der Waals surface area contributed by atoms with E-state index in [0.717, 1.165) is 0 Å². The largest absolute Gasteiger partial charge is 0.280 e. The van der Waals surface area contributed by atoms with Crippen LogP contribution >= 0.6 is 26.6 Å². The van der Waals surface area contributed by atoms with Crippen LogP contribution in [0.5, 0.6) is 0 Å². The van der Waals surface area contributed by atoms with Gasteiger partial charge in [-0.3, -0.25) is 0 Å². The molecule has 0 saturated carbocycles. The molecule has 0 unspecified atom stereocenters. The summed E-state index contributed by atoms with van der Waals surface area (Å²) in [6.07, 6.45) is -3.00. The minimum absolute atomic E-state index is 0.389. The third-order valence-electron chi connectivity index (χ3n) is 1.37. The Labute approximate surface area is 95.8 Å². The first kappa shape index (κ1) is 12.7. The van der Waals surface area contributed by atoms with Gasteiger partial charge in [-0.2, -0.15) is 4.39 Å². The molecule has 1 heterocycles. The normalized spacial score (nSPS) is 12.1. The van der Waals surface area contributed by atoms with Gasteiger partial charge >= 0.3 is 0 Å². The number of hydrogen-bond donors (Lipinski definition) is 0. The highest BCUT2D eigenvalue weighted by atomic mass is 79.9. The maximum Gasteiger partial charge on any atom is 0.280 e. The van der Waals surface area contributed by atoms with Crippen molar-refractivity contribution in [1.82, 2.24) is 4.98 Å². The quantitative estimate of drug-likeness (QED) is 0.621. The van der Waals surface area contributed by atoms with E-state index in [0.29, 0.717) is 6.07 Å². The second-order valence-electron chi connectivity index (χ2n) is 2.39. The van der Waals surface area contributed by atoms with Gasteiger partial charge in [-0.15, -0.1) is 0 Å². The van der Waals surface area contributed by atoms with Crippen molar-refractivity contribution in [3.63, 3.8) is 0 Å². The van der Waals surface area contributed by atoms with Gasteiger partial charge < -0.3 is 0 Å². The zero-order valence-electron chi connectivity index (χ0n) is 6.72. The van der Waals surface area contributed by atoms with E-state index in [2.05, 4.69) is 20.9 Å². The fraction of sp³-hybridized carbons (Fsp3) is 0.167. The maximum absolute atomic E-state index is 13.0. The summed E-state index contributed by atoms with van der Waals surface area (Å²) in [5.41, 5.74) is -0.872. The van der Waals surface area contributed by atoms with E-state index in [1.54, 1.807) is 0 Å². The van der Waals surface area contributed by atoms with Crippen LogP contribution in [-0.2, 0) is 9.05 Å². The lowest BCUT2D eigenvalue weighted by atomic mass is 10.3. The van der Waals surface area contributed by atoms with Crippen LogP contribution in [0.3, 0.4) is 0 Å². The Kier molecular flexibility index (Phi) is 3.62. The summed E-state index contributed by atoms with van der Waals surface area (Å²) in [5, 5.41) is 0. The van der Waals surface area contributed by atoms with Crippen molar-refractivity contribution in [1.29, 1.82) is 0 Å². The summed E-state index contributed by atoms with van der Waals surface area (Å²) >= 11 is 2.63. The summed E-state index contributed by atoms with van der Waals surface area (Å²) in [5.74, 6) is -1.56. The fourth-order valence-corrected chi connectivity index (χ4v) is 3.12. The number of alkyl halides is 2. The Bertz CT molecular complexity index is 470. The molecule has 0 aliphatic heterocycles. The molecule has 0 amide bonds. The van der Waals surface area contributed by atoms with Crippen LogP contribution in [0.2, 0.25) is 0 Å². The molecule has 1 rings (SSSR count). The van der Waals surface area contributed by atoms with Gasteiger partial charge in [0.2, 0.25) is 5.95 Å². The van der Waals surface area contributed by atoms with E-state index < -0.39 is 32.0 Å². The molecule has 0 N–H and O–H groups in total. The third kappa shape index (κ3) is 2.82. The van der Waals surface area contributed by atoms with E-state index in [1.807, 2.05) is 0 Å². The molecule has 9 heteroatoms. The lowest BCUT2D eigenvalue weighted by Gasteiger charge is -2.04. The number of rotatable bonds is 2. The fourth-order valence-electron chi connectivity index (χ4n) is 0.819. The Morgan fingerprint density at radius 3 is 2.33 bits per heavy atom. The highest BCUT2D eigenvalue weighted by Gasteiger charge is 2.24. The smallest absolute Gasteiger partial charge is 0.218 e. The third-order valence-corrected chi connectivity index (χ3v) is 3.60. The molecule has 1 aromatic heterocycles. The van der Waals surface area contributed by atoms with Crippen molar-refractivity contribution in [3.8, 4) is 0 Å². The van der Waals surface area contributed by atoms with Gasteiger partial charge in [-0.1, -0.05) is 0 Å². The topological polar surface area (TPSA) is 47.0 Å². The molecule has 0 bridgehead atoms. The number of nitrogens with zero attached hydrogens (tertiary/aromatic N) is 1. The van der Waals surface area contributed by atoms with Crippen LogP contribution in [0, 0.1) is 5.95 Å². The lowest BCUT2D eigenvalue weighted by Crippen LogP contribution is -2.03. The molecule has 84 valence electrons. The summed E-state index contributed by atoms with van der Waals surface area (Å²) in [7, 11) is 0.512. The number of pyridine rings is 1. The Morgan fingerprint density at radius 1 is 1.47 bits per heavy atom. The molecule has 0 aromatic carbocycles. The molecule has 0 aliphatic rings. The molecular weight excluding hydrogens is 322 g/mol. The SMILES string of the molecule is O=S(=O)(Cl)c1c(Br)cc(C(F)F)nc1F. The summed E-state index contributed by atoms with van der Waals surface area (Å²) in [4.78, 5) is 1.84. The van der Waals surface area contributed by atoms with Gasteiger partial charge in [0.25, 0.3) is 15.5 Å². The van der Waals surface area contributed by atoms with Crippen LogP contribution in [0.25, 0.3) is 0 Å². The predicted octanol–water partition coefficient (Wildman–Crippen LogP) is 2.85. The van der Waals surface area contributed by atoms with Crippen molar-refractivity contribution in [2.75, 3.05) is 0 Å². The molecule has 0 atom stereocenters. The van der Waals surface area contributed by atoms with Crippen molar-refractivity contribution < 1.29 is 21.6 Å². The van der Waals surface area contributed by atoms with Crippen molar-refractivity contribution >= 4 is 35.7 Å². The van der Waals surface area contributed by atoms with Crippen LogP contribution in [0.1, 0.15) is 12.1 Å². The maximum atomic E-state index is 13.0. The first-order valence-corrected chi connectivity index (χ1v) is 6.42. The van der Waals surface area contributed by atoms with E-state index in [4.69, 9.17) is 10.7 Å². The molecule has 0 fully saturated rings. The van der Waals surface area contributed by atoms with Crippen LogP contribution in [-0.4, -0.2) is 13.4 Å². The van der Waals surface area contributed by atoms with E-state index >= 15 is 0 Å². The first-order chi connectivity index (χ1) is 6.73. The van der Waals surface area contributed by atoms with Gasteiger partial charge in [0, 0.05) is 15.2 Å². The van der Waals surface area contributed by atoms with Crippen LogP contribution in [0.4, 0.5) is 13.2 Å². The van der Waals surface area contributed by atoms with Crippen LogP contribution in [0.15, 0.2) is 15.4 Å². The monoisotopic (exact) mass is 323 g/mol. The molecule has 3 nitrogen and oxygen atoms in total. The van der Waals surface area contributed by atoms with E-state index in [9.17, 15) is 21.6 Å². The summed E-state index contributed by atoms with van der Waals surface area (Å²) in [6, 6.07) is 0.697. The zero-order chi connectivity index (χ0) is 11.8. The molecule has 0 spiro atoms. The van der Waals surface area contributed by atoms with Crippen molar-refractivity contribution in [2.24, 2.45) is 0 Å². The summed E-state index contributed by atoms with van der Waals surface area (Å²) in [6.45, 7) is 0. The minimum Gasteiger partial charge on any atom is -0.218 e. The standard InChI is InChI=1S/C6H2BrClF3NO2S/c7-2-1-3(5(9)10)12-6(11)4(2)15(8,13)14/h1,5H. The number of aromatic nitrogens is 1. The number of halogens is 5. The predicted molar refractivity (Wildman–Crippen MR) is 49.9 cm³/mol. The molecular formula is C6H2BrClF3NO2S. The van der Waals surface area contributed by atoms with Gasteiger partial charge in [0.05, 0.1) is 0 Å². The molecule has 1 aromatic rings. The second kappa shape index (κ2) is 4.26. The summed E-state index contributed by atoms with van der Waals surface area (Å²) < 4.78 is 58.5. The van der Waals surface area contributed by atoms with Crippen LogP contribution < -0.4 is 0 Å². The highest BCUT2D eigenvalue weighted by Crippen LogP contribution is 2.30. The van der Waals surface area contributed by atoms with E-state index in [-0.39, 0.29) is 4.47 Å². The van der Waals surface area contributed by atoms with Gasteiger partial charge in [0.15, 0.2) is 4.90 Å². The average Bonchev–Trinajstić information content (AvgIpc) is 1.99. The van der Waals surface area contributed by atoms with Gasteiger partial charge in [0.1, 0.15) is 5.69 Å². The lowest BCUT2D eigenvalue weighted by molar-refractivity contribution is 0.144. The van der Waals surface area contributed by atoms with Gasteiger partial charge in [-0.05, 0) is 22.0 Å². The molecule has 0 saturated heterocycles. The Morgan fingerprint density at radius 2 is 2.00 bits per heavy atom. The molecule has 0 aliphatic carbocycles. The van der Waals surface area contributed by atoms with Crippen molar-refractivity contribution in [3.05, 3.63) is 22.2 Å². The average molecular weight is 325 g/mol. The van der Waals surface area contributed by atoms with Crippen molar-refractivity contribution in [2.45, 2.75) is 11.3 Å².